The number of unbranched alkanes of at least 4 members (excludes halogenated alkanes) is 1. The lowest BCUT2D eigenvalue weighted by atomic mass is 9.71. The van der Waals surface area contributed by atoms with Gasteiger partial charge in [0.05, 0.1) is 6.10 Å². The van der Waals surface area contributed by atoms with Crippen molar-refractivity contribution in [3.63, 3.8) is 0 Å². The summed E-state index contributed by atoms with van der Waals surface area (Å²) in [4.78, 5) is 11.6. The normalized spacial score (nSPS) is 13.8. The first kappa shape index (κ1) is 128. The molecule has 0 saturated heterocycles. The van der Waals surface area contributed by atoms with Crippen molar-refractivity contribution in [2.45, 2.75) is 555 Å². The molecule has 0 amide bonds. The van der Waals surface area contributed by atoms with E-state index in [9.17, 15) is 28.2 Å². The molecule has 0 saturated carbocycles. The van der Waals surface area contributed by atoms with E-state index in [1.807, 2.05) is 32.9 Å². The van der Waals surface area contributed by atoms with Gasteiger partial charge < -0.3 is 10.2 Å². The molecule has 0 spiro atoms. The SMILES string of the molecule is CC(C)(C)c1ccccc1C(C)(C)C.CCC(=O)CCc1cccc(C(C)(C)C)c1C(C)(C)C.CCC(CO)CCc1cccc(C(C)(C)C)c1C(C)(C)C.CCC(F)(F)CCc1cccc(C(C)(C)C)c1C(C)(C)C.CCC(F)CCc1cccc(C(C)(C)C)c1C(C)(C)C.CCC(O)CCc1cccc(C(C)(C)C)c1C(C)(C)C.CCCCC(C)c1cccc(C(C)(C)C)c1C(C)(C)C. The highest BCUT2D eigenvalue weighted by atomic mass is 19.3. The van der Waals surface area contributed by atoms with Crippen molar-refractivity contribution in [3.8, 4) is 0 Å². The lowest BCUT2D eigenvalue weighted by Crippen LogP contribution is -2.25. The number of carbonyl (C=O) groups excluding carboxylic acids is 1. The van der Waals surface area contributed by atoms with Crippen LogP contribution >= 0.6 is 0 Å². The summed E-state index contributed by atoms with van der Waals surface area (Å²) < 4.78 is 40.8. The Kier molecular flexibility index (Phi) is 49.6. The summed E-state index contributed by atoms with van der Waals surface area (Å²) in [5.41, 5.74) is 30.2. The van der Waals surface area contributed by atoms with E-state index in [-0.39, 0.29) is 94.8 Å². The summed E-state index contributed by atoms with van der Waals surface area (Å²) in [7, 11) is 0. The van der Waals surface area contributed by atoms with Crippen molar-refractivity contribution in [1.29, 1.82) is 0 Å². The van der Waals surface area contributed by atoms with Crippen molar-refractivity contribution in [2.24, 2.45) is 5.92 Å². The predicted molar refractivity (Wildman–Crippen MR) is 599 cm³/mol. The number of aliphatic hydroxyl groups is 2. The lowest BCUT2D eigenvalue weighted by Gasteiger charge is -2.34. The number of alkyl halides is 3. The number of halogens is 3. The molecule has 0 aliphatic rings. The van der Waals surface area contributed by atoms with E-state index in [2.05, 4.69) is 433 Å². The van der Waals surface area contributed by atoms with Gasteiger partial charge in [-0.25, -0.2) is 13.2 Å². The average Bonchev–Trinajstić information content (AvgIpc) is 0.764. The number of rotatable bonds is 25. The zero-order chi connectivity index (χ0) is 106. The number of aliphatic hydroxyl groups excluding tert-OH is 2. The van der Waals surface area contributed by atoms with Gasteiger partial charge >= 0.3 is 0 Å². The van der Waals surface area contributed by atoms with E-state index in [0.717, 1.165) is 56.9 Å². The first-order valence-corrected chi connectivity index (χ1v) is 53.2. The molecule has 4 unspecified atom stereocenters. The van der Waals surface area contributed by atoms with Crippen molar-refractivity contribution in [2.75, 3.05) is 6.61 Å². The number of hydrogen-bond acceptors (Lipinski definition) is 3. The minimum atomic E-state index is -2.56. The van der Waals surface area contributed by atoms with Gasteiger partial charge in [-0.1, -0.05) is 492 Å². The third kappa shape index (κ3) is 42.6. The van der Waals surface area contributed by atoms with Gasteiger partial charge in [-0.15, -0.1) is 0 Å². The molecule has 0 radical (unpaired) electrons. The molecule has 0 aliphatic carbocycles. The maximum atomic E-state index is 13.6. The van der Waals surface area contributed by atoms with E-state index in [1.165, 1.54) is 114 Å². The number of hydrogen-bond donors (Lipinski definition) is 2. The minimum Gasteiger partial charge on any atom is -0.396 e. The van der Waals surface area contributed by atoms with E-state index in [1.54, 1.807) is 18.1 Å². The van der Waals surface area contributed by atoms with Crippen molar-refractivity contribution >= 4 is 5.78 Å². The lowest BCUT2D eigenvalue weighted by molar-refractivity contribution is -0.118. The number of aryl methyl sites for hydroxylation is 5. The Labute approximate surface area is 840 Å². The Balaban J connectivity index is 0.000000795. The molecule has 7 aromatic rings. The van der Waals surface area contributed by atoms with Crippen LogP contribution in [0, 0.1) is 5.92 Å². The fourth-order valence-corrected chi connectivity index (χ4v) is 19.3. The van der Waals surface area contributed by atoms with E-state index < -0.39 is 12.1 Å². The molecule has 0 aliphatic heterocycles. The van der Waals surface area contributed by atoms with Gasteiger partial charge in [-0.2, -0.15) is 0 Å². The number of ketones is 1. The second-order valence-corrected chi connectivity index (χ2v) is 54.3. The van der Waals surface area contributed by atoms with Crippen molar-refractivity contribution in [3.05, 3.63) is 245 Å². The van der Waals surface area contributed by atoms with Crippen LogP contribution in [0.4, 0.5) is 13.2 Å². The second-order valence-electron chi connectivity index (χ2n) is 54.3. The zero-order valence-electron chi connectivity index (χ0n) is 97.9. The van der Waals surface area contributed by atoms with Crippen LogP contribution < -0.4 is 0 Å². The molecule has 0 fully saturated rings. The van der Waals surface area contributed by atoms with E-state index in [4.69, 9.17) is 0 Å². The predicted octanol–water partition coefficient (Wildman–Crippen LogP) is 38.5. The van der Waals surface area contributed by atoms with Crippen LogP contribution in [0.25, 0.3) is 0 Å². The monoisotopic (exact) mass is 1880 g/mol. The van der Waals surface area contributed by atoms with Gasteiger partial charge in [0.25, 0.3) is 0 Å². The van der Waals surface area contributed by atoms with Gasteiger partial charge in [0.1, 0.15) is 12.0 Å². The summed E-state index contributed by atoms with van der Waals surface area (Å²) in [6.07, 6.45) is 13.4. The maximum absolute atomic E-state index is 13.6. The molecule has 6 heteroatoms. The average molecular weight is 1880 g/mol. The Morgan fingerprint density at radius 3 is 0.816 bits per heavy atom. The molecule has 7 aromatic carbocycles. The van der Waals surface area contributed by atoms with E-state index >= 15 is 0 Å². The molecular weight excluding hydrogens is 1670 g/mol. The topological polar surface area (TPSA) is 57.5 Å². The van der Waals surface area contributed by atoms with Crippen LogP contribution in [-0.2, 0) is 113 Å². The van der Waals surface area contributed by atoms with Gasteiger partial charge in [-0.3, -0.25) is 4.79 Å². The second kappa shape index (κ2) is 52.8. The summed E-state index contributed by atoms with van der Waals surface area (Å²) >= 11 is 0. The summed E-state index contributed by atoms with van der Waals surface area (Å²) in [5.74, 6) is -1.12. The molecule has 0 bridgehead atoms. The zero-order valence-corrected chi connectivity index (χ0v) is 97.9. The van der Waals surface area contributed by atoms with Crippen molar-refractivity contribution in [1.82, 2.24) is 0 Å². The van der Waals surface area contributed by atoms with Gasteiger partial charge in [-0.05, 0) is 270 Å². The van der Waals surface area contributed by atoms with Gasteiger partial charge in [0.15, 0.2) is 0 Å². The van der Waals surface area contributed by atoms with E-state index in [0.29, 0.717) is 56.3 Å². The fourth-order valence-electron chi connectivity index (χ4n) is 19.3. The molecular formula is C130H213F3O3. The van der Waals surface area contributed by atoms with Crippen LogP contribution in [0.2, 0.25) is 0 Å². The van der Waals surface area contributed by atoms with Gasteiger partial charge in [0, 0.05) is 32.3 Å². The highest BCUT2D eigenvalue weighted by Crippen LogP contribution is 2.46. The number of carbonyl (C=O) groups is 1. The summed E-state index contributed by atoms with van der Waals surface area (Å²) in [6, 6.07) is 48.4. The smallest absolute Gasteiger partial charge is 0.248 e. The van der Waals surface area contributed by atoms with Gasteiger partial charge in [0.2, 0.25) is 5.92 Å². The van der Waals surface area contributed by atoms with Crippen LogP contribution in [0.5, 0.6) is 0 Å². The first-order valence-electron chi connectivity index (χ1n) is 53.2. The van der Waals surface area contributed by atoms with Crippen LogP contribution in [-0.4, -0.2) is 40.8 Å². The number of Topliss-reactive ketones (excluding diaryl/α,β-unsaturated/α-hetero) is 1. The molecule has 136 heavy (non-hydrogen) atoms. The Hall–Kier alpha value is -6.08. The standard InChI is InChI=1S/C20H34O.C20H34.C19H30F2.C19H31F.C19H32O.C19H30O.C14H22/c1-8-15(14-21)12-13-16-10-9-11-17(19(2,3)4)18(16)20(5,6)7;1-9-10-12-15(2)16-13-11-14-17(19(3,4)5)18(16)20(6,7)8;1-8-19(20,21)13-12-14-10-9-11-15(17(2,3)4)16(14)18(5,6)7;3*1-8-15(20)13-12-14-10-9-11-16(18(2,3)4)17(14)19(5,6)7;1-13(2,3)11-9-7-8-10-12(11)14(4,5)6/h9-11,15,21H,8,12-14H2,1-7H3;11,13-15H,9-10,12H2,1-8H3;9-11H,8,12-13H2,1-7H3;9-11,15H,8,12-13H2,1-7H3;9-11,15,20H,8,12-13H2,1-7H3;9-11H,8,12-13H2,1-7H3;7-10H,1-6H3. The molecule has 4 atom stereocenters. The quantitative estimate of drug-likeness (QED) is 0.0600. The van der Waals surface area contributed by atoms with Crippen LogP contribution in [0.3, 0.4) is 0 Å². The molecule has 0 heterocycles. The summed E-state index contributed by atoms with van der Waals surface area (Å²) in [6.45, 7) is 110. The highest BCUT2D eigenvalue weighted by Gasteiger charge is 2.36. The molecule has 7 rings (SSSR count). The minimum absolute atomic E-state index is 0.0197. The molecule has 3 nitrogen and oxygen atoms in total. The molecule has 772 valence electrons. The third-order valence-corrected chi connectivity index (χ3v) is 26.7. The first-order chi connectivity index (χ1) is 61.5. The molecule has 2 N–H and O–H groups in total. The highest BCUT2D eigenvalue weighted by molar-refractivity contribution is 5.78. The van der Waals surface area contributed by atoms with Crippen LogP contribution in [0.15, 0.2) is 133 Å². The largest absolute Gasteiger partial charge is 0.396 e. The number of benzene rings is 7. The Morgan fingerprint density at radius 2 is 0.566 bits per heavy atom. The third-order valence-electron chi connectivity index (χ3n) is 26.7. The van der Waals surface area contributed by atoms with Crippen LogP contribution in [0.1, 0.15) is 540 Å². The Bertz CT molecular complexity index is 4540. The van der Waals surface area contributed by atoms with Crippen molar-refractivity contribution < 1.29 is 28.2 Å². The Morgan fingerprint density at radius 1 is 0.301 bits per heavy atom. The maximum Gasteiger partial charge on any atom is 0.248 e. The fraction of sp³-hybridized carbons (Fsp3) is 0.669. The molecule has 0 aromatic heterocycles. The summed E-state index contributed by atoms with van der Waals surface area (Å²) in [5, 5.41) is 19.3.